The van der Waals surface area contributed by atoms with Crippen LogP contribution in [-0.2, 0) is 20.9 Å². The van der Waals surface area contributed by atoms with Gasteiger partial charge in [-0.15, -0.1) is 0 Å². The highest BCUT2D eigenvalue weighted by atomic mass is 16.5. The Kier molecular flexibility index (Phi) is 3.67. The molecule has 5 nitrogen and oxygen atoms in total. The fourth-order valence-corrected chi connectivity index (χ4v) is 2.37. The second kappa shape index (κ2) is 5.61. The molecule has 0 radical (unpaired) electrons. The number of carbonyl (C=O) groups excluding carboxylic acids is 2. The maximum Gasteiger partial charge on any atom is 0.311 e. The van der Waals surface area contributed by atoms with E-state index in [0.29, 0.717) is 25.6 Å². The summed E-state index contributed by atoms with van der Waals surface area (Å²) < 4.78 is 5.26. The van der Waals surface area contributed by atoms with Gasteiger partial charge in [-0.1, -0.05) is 6.07 Å². The van der Waals surface area contributed by atoms with Gasteiger partial charge in [0.1, 0.15) is 0 Å². The van der Waals surface area contributed by atoms with Crippen molar-refractivity contribution >= 4 is 11.9 Å². The number of likely N-dealkylation sites (tertiary alicyclic amines) is 1. The molecule has 0 bridgehead atoms. The molecular weight excluding hydrogens is 256 g/mol. The van der Waals surface area contributed by atoms with Crippen LogP contribution in [0.4, 0.5) is 0 Å². The Balaban J connectivity index is 1.53. The van der Waals surface area contributed by atoms with E-state index in [9.17, 15) is 9.59 Å². The number of nitrogens with zero attached hydrogens (tertiary/aromatic N) is 2. The van der Waals surface area contributed by atoms with Gasteiger partial charge in [0.25, 0.3) is 0 Å². The zero-order chi connectivity index (χ0) is 13.9. The number of aromatic nitrogens is 1. The van der Waals surface area contributed by atoms with Crippen molar-refractivity contribution in [3.63, 3.8) is 0 Å². The first kappa shape index (κ1) is 13.1. The number of hydrogen-bond donors (Lipinski definition) is 0. The number of ether oxygens (including phenoxy) is 1. The van der Waals surface area contributed by atoms with Crippen LogP contribution in [-0.4, -0.2) is 34.9 Å². The van der Waals surface area contributed by atoms with Gasteiger partial charge in [0.05, 0.1) is 24.8 Å². The molecule has 3 rings (SSSR count). The largest absolute Gasteiger partial charge is 0.465 e. The molecule has 1 aromatic heterocycles. The molecule has 2 fully saturated rings. The summed E-state index contributed by atoms with van der Waals surface area (Å²) >= 11 is 0. The first-order chi connectivity index (χ1) is 9.72. The molecule has 1 saturated heterocycles. The Labute approximate surface area is 117 Å². The van der Waals surface area contributed by atoms with E-state index >= 15 is 0 Å². The van der Waals surface area contributed by atoms with Crippen LogP contribution in [0.15, 0.2) is 24.4 Å². The van der Waals surface area contributed by atoms with Crippen molar-refractivity contribution in [3.05, 3.63) is 30.1 Å². The van der Waals surface area contributed by atoms with Crippen LogP contribution in [0.2, 0.25) is 0 Å². The monoisotopic (exact) mass is 274 g/mol. The van der Waals surface area contributed by atoms with Gasteiger partial charge in [0.15, 0.2) is 0 Å². The van der Waals surface area contributed by atoms with Crippen molar-refractivity contribution in [1.82, 2.24) is 9.88 Å². The van der Waals surface area contributed by atoms with E-state index in [1.165, 1.54) is 0 Å². The maximum atomic E-state index is 11.9. The molecule has 20 heavy (non-hydrogen) atoms. The van der Waals surface area contributed by atoms with Crippen LogP contribution in [0, 0.1) is 11.8 Å². The summed E-state index contributed by atoms with van der Waals surface area (Å²) in [5, 5.41) is 0. The molecule has 0 aromatic carbocycles. The standard InChI is InChI=1S/C15H18N2O3/c18-14-7-12(15(19)20-10-11-4-5-11)8-17(14)9-13-3-1-2-6-16-13/h1-3,6,11-12H,4-5,7-10H2/t12-/m1/s1. The van der Waals surface area contributed by atoms with Gasteiger partial charge < -0.3 is 9.64 Å². The van der Waals surface area contributed by atoms with Crippen LogP contribution in [0.5, 0.6) is 0 Å². The van der Waals surface area contributed by atoms with E-state index in [1.54, 1.807) is 11.1 Å². The number of esters is 1. The molecule has 1 saturated carbocycles. The van der Waals surface area contributed by atoms with E-state index in [0.717, 1.165) is 18.5 Å². The average molecular weight is 274 g/mol. The van der Waals surface area contributed by atoms with Crippen molar-refractivity contribution < 1.29 is 14.3 Å². The fraction of sp³-hybridized carbons (Fsp3) is 0.533. The van der Waals surface area contributed by atoms with E-state index in [1.807, 2.05) is 18.2 Å². The first-order valence-corrected chi connectivity index (χ1v) is 7.06. The van der Waals surface area contributed by atoms with Crippen molar-refractivity contribution in [2.75, 3.05) is 13.2 Å². The highest BCUT2D eigenvalue weighted by Crippen LogP contribution is 2.29. The summed E-state index contributed by atoms with van der Waals surface area (Å²) in [4.78, 5) is 29.7. The summed E-state index contributed by atoms with van der Waals surface area (Å²) in [6.45, 7) is 1.43. The number of hydrogen-bond acceptors (Lipinski definition) is 4. The SMILES string of the molecule is O=C(OCC1CC1)[C@@H]1CC(=O)N(Cc2ccccn2)C1. The van der Waals surface area contributed by atoms with E-state index < -0.39 is 0 Å². The van der Waals surface area contributed by atoms with Crippen molar-refractivity contribution in [1.29, 1.82) is 0 Å². The lowest BCUT2D eigenvalue weighted by Crippen LogP contribution is -2.27. The van der Waals surface area contributed by atoms with Crippen molar-refractivity contribution in [2.24, 2.45) is 11.8 Å². The molecule has 2 heterocycles. The van der Waals surface area contributed by atoms with E-state index in [-0.39, 0.29) is 24.2 Å². The summed E-state index contributed by atoms with van der Waals surface area (Å²) in [7, 11) is 0. The minimum absolute atomic E-state index is 0.00373. The number of pyridine rings is 1. The molecular formula is C15H18N2O3. The number of amides is 1. The third-order valence-corrected chi connectivity index (χ3v) is 3.79. The summed E-state index contributed by atoms with van der Waals surface area (Å²) in [5.74, 6) is 0.0171. The van der Waals surface area contributed by atoms with Gasteiger partial charge in [-0.3, -0.25) is 14.6 Å². The molecule has 0 spiro atoms. The molecule has 1 aromatic rings. The Hall–Kier alpha value is -1.91. The average Bonchev–Trinajstić information content (AvgIpc) is 3.22. The lowest BCUT2D eigenvalue weighted by atomic mass is 10.1. The smallest absolute Gasteiger partial charge is 0.311 e. The topological polar surface area (TPSA) is 59.5 Å². The molecule has 5 heteroatoms. The predicted octanol–water partition coefficient (Wildman–Crippen LogP) is 1.38. The molecule has 106 valence electrons. The Bertz CT molecular complexity index is 499. The van der Waals surface area contributed by atoms with E-state index in [2.05, 4.69) is 4.98 Å². The highest BCUT2D eigenvalue weighted by molar-refractivity contribution is 5.86. The Morgan fingerprint density at radius 1 is 1.40 bits per heavy atom. The normalized spacial score (nSPS) is 22.1. The van der Waals surface area contributed by atoms with Crippen molar-refractivity contribution in [3.8, 4) is 0 Å². The number of rotatable bonds is 5. The van der Waals surface area contributed by atoms with Gasteiger partial charge in [-0.2, -0.15) is 0 Å². The second-order valence-electron chi connectivity index (χ2n) is 5.57. The van der Waals surface area contributed by atoms with Crippen LogP contribution in [0.1, 0.15) is 25.0 Å². The fourth-order valence-electron chi connectivity index (χ4n) is 2.37. The van der Waals surface area contributed by atoms with Gasteiger partial charge in [0, 0.05) is 19.2 Å². The second-order valence-corrected chi connectivity index (χ2v) is 5.57. The lowest BCUT2D eigenvalue weighted by molar-refractivity contribution is -0.148. The summed E-state index contributed by atoms with van der Waals surface area (Å²) in [6, 6.07) is 5.61. The summed E-state index contributed by atoms with van der Waals surface area (Å²) in [6.07, 6.45) is 4.28. The molecule has 0 N–H and O–H groups in total. The van der Waals surface area contributed by atoms with Crippen LogP contribution in [0.25, 0.3) is 0 Å². The molecule has 2 aliphatic rings. The predicted molar refractivity (Wildman–Crippen MR) is 71.4 cm³/mol. The minimum atomic E-state index is -0.315. The molecule has 1 aliphatic carbocycles. The molecule has 0 unspecified atom stereocenters. The third-order valence-electron chi connectivity index (χ3n) is 3.79. The van der Waals surface area contributed by atoms with Crippen molar-refractivity contribution in [2.45, 2.75) is 25.8 Å². The molecule has 1 atom stereocenters. The van der Waals surface area contributed by atoms with E-state index in [4.69, 9.17) is 4.74 Å². The van der Waals surface area contributed by atoms with Crippen LogP contribution in [0.3, 0.4) is 0 Å². The van der Waals surface area contributed by atoms with Gasteiger partial charge in [0.2, 0.25) is 5.91 Å². The van der Waals surface area contributed by atoms with Gasteiger partial charge in [-0.25, -0.2) is 0 Å². The van der Waals surface area contributed by atoms with Gasteiger partial charge in [-0.05, 0) is 30.9 Å². The Morgan fingerprint density at radius 3 is 2.95 bits per heavy atom. The zero-order valence-corrected chi connectivity index (χ0v) is 11.3. The first-order valence-electron chi connectivity index (χ1n) is 7.06. The maximum absolute atomic E-state index is 11.9. The molecule has 1 aliphatic heterocycles. The quantitative estimate of drug-likeness (QED) is 0.761. The van der Waals surface area contributed by atoms with Crippen LogP contribution < -0.4 is 0 Å². The Morgan fingerprint density at radius 2 is 2.25 bits per heavy atom. The molecule has 1 amide bonds. The summed E-state index contributed by atoms with van der Waals surface area (Å²) in [5.41, 5.74) is 0.841. The lowest BCUT2D eigenvalue weighted by Gasteiger charge is -2.15. The number of carbonyl (C=O) groups is 2. The van der Waals surface area contributed by atoms with Gasteiger partial charge >= 0.3 is 5.97 Å². The highest BCUT2D eigenvalue weighted by Gasteiger charge is 2.36. The zero-order valence-electron chi connectivity index (χ0n) is 11.3. The minimum Gasteiger partial charge on any atom is -0.465 e. The van der Waals surface area contributed by atoms with Crippen LogP contribution >= 0.6 is 0 Å². The third kappa shape index (κ3) is 3.15.